The molecule has 0 spiro atoms. The van der Waals surface area contributed by atoms with Gasteiger partial charge in [-0.2, -0.15) is 5.10 Å². The predicted octanol–water partition coefficient (Wildman–Crippen LogP) is 4.89. The molecular formula is C23H22Cl2N4O3. The van der Waals surface area contributed by atoms with Crippen LogP contribution in [0.2, 0.25) is 10.0 Å². The number of ether oxygens (including phenoxy) is 1. The monoisotopic (exact) mass is 472 g/mol. The van der Waals surface area contributed by atoms with E-state index in [-0.39, 0.29) is 0 Å². The highest BCUT2D eigenvalue weighted by molar-refractivity contribution is 6.39. The van der Waals surface area contributed by atoms with E-state index in [0.717, 1.165) is 22.6 Å². The van der Waals surface area contributed by atoms with Crippen LogP contribution in [0.1, 0.15) is 23.9 Å². The van der Waals surface area contributed by atoms with E-state index in [1.165, 1.54) is 6.21 Å². The molecule has 0 aliphatic carbocycles. The molecule has 0 atom stereocenters. The minimum atomic E-state index is -0.884. The largest absolute Gasteiger partial charge is 0.494 e. The van der Waals surface area contributed by atoms with Gasteiger partial charge >= 0.3 is 11.8 Å². The van der Waals surface area contributed by atoms with Crippen molar-refractivity contribution in [2.24, 2.45) is 5.10 Å². The SMILES string of the molecule is CCOc1ccc(NC(=O)C(=O)N/N=C\c2cc(C)n(-c3cc(Cl)cc(Cl)c3)c2C)cc1. The van der Waals surface area contributed by atoms with Gasteiger partial charge in [0.1, 0.15) is 5.75 Å². The van der Waals surface area contributed by atoms with Crippen molar-refractivity contribution in [2.45, 2.75) is 20.8 Å². The minimum absolute atomic E-state index is 0.473. The average Bonchev–Trinajstić information content (AvgIpc) is 3.02. The van der Waals surface area contributed by atoms with E-state index in [4.69, 9.17) is 27.9 Å². The van der Waals surface area contributed by atoms with Crippen molar-refractivity contribution in [3.8, 4) is 11.4 Å². The zero-order chi connectivity index (χ0) is 23.3. The number of carbonyl (C=O) groups excluding carboxylic acids is 2. The maximum absolute atomic E-state index is 12.1. The summed E-state index contributed by atoms with van der Waals surface area (Å²) in [6.07, 6.45) is 1.48. The summed E-state index contributed by atoms with van der Waals surface area (Å²) in [4.78, 5) is 24.1. The average molecular weight is 473 g/mol. The molecule has 1 aromatic heterocycles. The molecule has 0 bridgehead atoms. The summed E-state index contributed by atoms with van der Waals surface area (Å²) in [5, 5.41) is 7.48. The molecule has 7 nitrogen and oxygen atoms in total. The molecule has 0 aliphatic heterocycles. The van der Waals surface area contributed by atoms with Gasteiger partial charge in [0.05, 0.1) is 12.8 Å². The molecule has 0 saturated heterocycles. The Labute approximate surface area is 196 Å². The smallest absolute Gasteiger partial charge is 0.329 e. The summed E-state index contributed by atoms with van der Waals surface area (Å²) >= 11 is 12.2. The summed E-state index contributed by atoms with van der Waals surface area (Å²) in [5.74, 6) is -1.03. The lowest BCUT2D eigenvalue weighted by Gasteiger charge is -2.10. The first-order valence-electron chi connectivity index (χ1n) is 9.81. The number of aryl methyl sites for hydroxylation is 1. The van der Waals surface area contributed by atoms with Crippen molar-refractivity contribution in [3.05, 3.63) is 75.5 Å². The van der Waals surface area contributed by atoms with E-state index in [1.807, 2.05) is 31.4 Å². The quantitative estimate of drug-likeness (QED) is 0.304. The van der Waals surface area contributed by atoms with Crippen LogP contribution in [0.3, 0.4) is 0 Å². The van der Waals surface area contributed by atoms with Crippen molar-refractivity contribution in [1.29, 1.82) is 0 Å². The van der Waals surface area contributed by atoms with Crippen molar-refractivity contribution < 1.29 is 14.3 Å². The lowest BCUT2D eigenvalue weighted by atomic mass is 10.2. The first-order chi connectivity index (χ1) is 15.3. The normalized spacial score (nSPS) is 10.9. The summed E-state index contributed by atoms with van der Waals surface area (Å²) in [6, 6.07) is 13.9. The number of carbonyl (C=O) groups is 2. The van der Waals surface area contributed by atoms with Crippen LogP contribution in [-0.4, -0.2) is 29.2 Å². The van der Waals surface area contributed by atoms with Crippen molar-refractivity contribution in [3.63, 3.8) is 0 Å². The Balaban J connectivity index is 1.65. The molecule has 0 aliphatic rings. The Morgan fingerprint density at radius 2 is 1.69 bits per heavy atom. The molecular weight excluding hydrogens is 451 g/mol. The molecule has 0 unspecified atom stereocenters. The molecule has 9 heteroatoms. The molecule has 166 valence electrons. The Hall–Kier alpha value is -3.29. The second-order valence-electron chi connectivity index (χ2n) is 6.90. The number of hydrogen-bond donors (Lipinski definition) is 2. The molecule has 1 heterocycles. The third kappa shape index (κ3) is 5.69. The Bertz CT molecular complexity index is 1150. The fraction of sp³-hybridized carbons (Fsp3) is 0.174. The van der Waals surface area contributed by atoms with Gasteiger partial charge < -0.3 is 14.6 Å². The predicted molar refractivity (Wildman–Crippen MR) is 127 cm³/mol. The third-order valence-electron chi connectivity index (χ3n) is 4.57. The summed E-state index contributed by atoms with van der Waals surface area (Å²) in [5.41, 5.74) is 6.10. The number of amides is 2. The lowest BCUT2D eigenvalue weighted by Crippen LogP contribution is -2.32. The number of benzene rings is 2. The standard InChI is InChI=1S/C23H22Cl2N4O3/c1-4-32-21-7-5-19(6-8-21)27-22(30)23(31)28-26-13-16-9-14(2)29(15(16)3)20-11-17(24)10-18(25)12-20/h5-13H,4H2,1-3H3,(H,27,30)(H,28,31)/b26-13-. The summed E-state index contributed by atoms with van der Waals surface area (Å²) < 4.78 is 7.31. The molecule has 3 aromatic rings. The van der Waals surface area contributed by atoms with Crippen molar-refractivity contribution in [2.75, 3.05) is 11.9 Å². The van der Waals surface area contributed by atoms with Crippen LogP contribution in [-0.2, 0) is 9.59 Å². The van der Waals surface area contributed by atoms with Gasteiger partial charge in [-0.05, 0) is 69.3 Å². The molecule has 3 rings (SSSR count). The van der Waals surface area contributed by atoms with Crippen LogP contribution in [0.4, 0.5) is 5.69 Å². The number of halogens is 2. The van der Waals surface area contributed by atoms with Crippen LogP contribution in [0, 0.1) is 13.8 Å². The highest BCUT2D eigenvalue weighted by Crippen LogP contribution is 2.26. The third-order valence-corrected chi connectivity index (χ3v) is 5.01. The number of nitrogens with one attached hydrogen (secondary N) is 2. The first kappa shape index (κ1) is 23.4. The fourth-order valence-corrected chi connectivity index (χ4v) is 3.70. The van der Waals surface area contributed by atoms with Gasteiger partial charge in [-0.1, -0.05) is 23.2 Å². The lowest BCUT2D eigenvalue weighted by molar-refractivity contribution is -0.136. The molecule has 0 saturated carbocycles. The molecule has 2 aromatic carbocycles. The Morgan fingerprint density at radius 1 is 1.03 bits per heavy atom. The number of anilines is 1. The second kappa shape index (κ2) is 10.3. The van der Waals surface area contributed by atoms with E-state index in [2.05, 4.69) is 15.8 Å². The molecule has 0 fully saturated rings. The van der Waals surface area contributed by atoms with Gasteiger partial charge in [0.25, 0.3) is 0 Å². The van der Waals surface area contributed by atoms with Crippen molar-refractivity contribution in [1.82, 2.24) is 9.99 Å². The Kier molecular flexibility index (Phi) is 7.56. The van der Waals surface area contributed by atoms with Crippen LogP contribution in [0.25, 0.3) is 5.69 Å². The second-order valence-corrected chi connectivity index (χ2v) is 7.77. The van der Waals surface area contributed by atoms with E-state index < -0.39 is 11.8 Å². The number of hydrogen-bond acceptors (Lipinski definition) is 4. The first-order valence-corrected chi connectivity index (χ1v) is 10.6. The molecule has 2 amide bonds. The highest BCUT2D eigenvalue weighted by Gasteiger charge is 2.14. The molecule has 32 heavy (non-hydrogen) atoms. The Morgan fingerprint density at radius 3 is 2.31 bits per heavy atom. The summed E-state index contributed by atoms with van der Waals surface area (Å²) in [7, 11) is 0. The zero-order valence-electron chi connectivity index (χ0n) is 17.8. The molecule has 0 radical (unpaired) electrons. The fourth-order valence-electron chi connectivity index (χ4n) is 3.18. The zero-order valence-corrected chi connectivity index (χ0v) is 19.3. The van der Waals surface area contributed by atoms with Gasteiger partial charge in [0.2, 0.25) is 0 Å². The maximum atomic E-state index is 12.1. The highest BCUT2D eigenvalue weighted by atomic mass is 35.5. The molecule has 2 N–H and O–H groups in total. The van der Waals surface area contributed by atoms with E-state index >= 15 is 0 Å². The number of rotatable bonds is 6. The number of nitrogens with zero attached hydrogens (tertiary/aromatic N) is 2. The van der Waals surface area contributed by atoms with Gasteiger partial charge in [-0.3, -0.25) is 9.59 Å². The maximum Gasteiger partial charge on any atom is 0.329 e. The number of aromatic nitrogens is 1. The minimum Gasteiger partial charge on any atom is -0.494 e. The van der Waals surface area contributed by atoms with Crippen LogP contribution >= 0.6 is 23.2 Å². The van der Waals surface area contributed by atoms with Gasteiger partial charge in [0, 0.05) is 38.4 Å². The van der Waals surface area contributed by atoms with Crippen LogP contribution < -0.4 is 15.5 Å². The van der Waals surface area contributed by atoms with Crippen LogP contribution in [0.15, 0.2) is 53.6 Å². The van der Waals surface area contributed by atoms with Gasteiger partial charge in [-0.15, -0.1) is 0 Å². The van der Waals surface area contributed by atoms with Gasteiger partial charge in [-0.25, -0.2) is 5.43 Å². The van der Waals surface area contributed by atoms with E-state index in [9.17, 15) is 9.59 Å². The van der Waals surface area contributed by atoms with Crippen LogP contribution in [0.5, 0.6) is 5.75 Å². The summed E-state index contributed by atoms with van der Waals surface area (Å²) in [6.45, 7) is 6.26. The van der Waals surface area contributed by atoms with E-state index in [0.29, 0.717) is 28.1 Å². The number of hydrazone groups is 1. The van der Waals surface area contributed by atoms with Gasteiger partial charge in [0.15, 0.2) is 0 Å². The van der Waals surface area contributed by atoms with Crippen molar-refractivity contribution >= 4 is 46.9 Å². The van der Waals surface area contributed by atoms with E-state index in [1.54, 1.807) is 42.5 Å². The topological polar surface area (TPSA) is 84.7 Å².